The lowest BCUT2D eigenvalue weighted by atomic mass is 9.94. The number of halogens is 3. The first-order chi connectivity index (χ1) is 12.7. The molecule has 3 unspecified atom stereocenters. The first-order valence-corrected chi connectivity index (χ1v) is 8.66. The number of rotatable bonds is 4. The van der Waals surface area contributed by atoms with Gasteiger partial charge in [-0.05, 0) is 48.9 Å². The standard InChI is InChI=1S/C18H19F3N2O4/c19-18(20,21)12-6-4-10(5-7-12)16(25)22-8-14(24)23-9-11-2-1-3-13(11)15(23)17(26)27/h4-7,11,13,15H,1-3,8-9H2,(H,22,25)(H,26,27). The fourth-order valence-electron chi connectivity index (χ4n) is 4.05. The Labute approximate surface area is 153 Å². The molecule has 1 saturated carbocycles. The lowest BCUT2D eigenvalue weighted by Gasteiger charge is -2.24. The Morgan fingerprint density at radius 1 is 1.15 bits per heavy atom. The average molecular weight is 384 g/mol. The summed E-state index contributed by atoms with van der Waals surface area (Å²) in [6.45, 7) is -0.0420. The first-order valence-electron chi connectivity index (χ1n) is 8.66. The zero-order valence-corrected chi connectivity index (χ0v) is 14.3. The SMILES string of the molecule is O=C(NCC(=O)N1CC2CCCC2C1C(=O)O)c1ccc(C(F)(F)F)cc1. The summed E-state index contributed by atoms with van der Waals surface area (Å²) in [5.41, 5.74) is -0.882. The predicted molar refractivity (Wildman–Crippen MR) is 87.7 cm³/mol. The largest absolute Gasteiger partial charge is 0.480 e. The van der Waals surface area contributed by atoms with E-state index in [2.05, 4.69) is 5.32 Å². The summed E-state index contributed by atoms with van der Waals surface area (Å²) < 4.78 is 37.6. The van der Waals surface area contributed by atoms with Crippen molar-refractivity contribution < 1.29 is 32.7 Å². The lowest BCUT2D eigenvalue weighted by molar-refractivity contribution is -0.149. The van der Waals surface area contributed by atoms with Gasteiger partial charge in [0.15, 0.2) is 0 Å². The smallest absolute Gasteiger partial charge is 0.416 e. The number of aliphatic carboxylic acids is 1. The van der Waals surface area contributed by atoms with E-state index in [1.54, 1.807) is 0 Å². The van der Waals surface area contributed by atoms with Crippen LogP contribution in [-0.2, 0) is 15.8 Å². The zero-order chi connectivity index (χ0) is 19.8. The van der Waals surface area contributed by atoms with Crippen LogP contribution < -0.4 is 5.32 Å². The molecule has 1 aliphatic heterocycles. The molecule has 0 aromatic heterocycles. The van der Waals surface area contributed by atoms with Crippen molar-refractivity contribution in [2.24, 2.45) is 11.8 Å². The van der Waals surface area contributed by atoms with E-state index in [0.717, 1.165) is 43.5 Å². The number of hydrogen-bond donors (Lipinski definition) is 2. The molecule has 1 aliphatic carbocycles. The van der Waals surface area contributed by atoms with Crippen LogP contribution in [0.5, 0.6) is 0 Å². The van der Waals surface area contributed by atoms with E-state index >= 15 is 0 Å². The monoisotopic (exact) mass is 384 g/mol. The number of carbonyl (C=O) groups excluding carboxylic acids is 2. The van der Waals surface area contributed by atoms with E-state index < -0.39 is 42.1 Å². The van der Waals surface area contributed by atoms with Crippen molar-refractivity contribution in [3.05, 3.63) is 35.4 Å². The van der Waals surface area contributed by atoms with Gasteiger partial charge in [0.2, 0.25) is 5.91 Å². The highest BCUT2D eigenvalue weighted by Crippen LogP contribution is 2.42. The van der Waals surface area contributed by atoms with Gasteiger partial charge >= 0.3 is 12.1 Å². The van der Waals surface area contributed by atoms with Gasteiger partial charge in [-0.15, -0.1) is 0 Å². The van der Waals surface area contributed by atoms with Crippen LogP contribution in [-0.4, -0.2) is 46.9 Å². The van der Waals surface area contributed by atoms with Gasteiger partial charge in [-0.3, -0.25) is 9.59 Å². The molecular weight excluding hydrogens is 365 g/mol. The molecule has 2 aliphatic rings. The Balaban J connectivity index is 1.60. The van der Waals surface area contributed by atoms with Crippen molar-refractivity contribution in [3.63, 3.8) is 0 Å². The Kier molecular flexibility index (Phi) is 5.12. The summed E-state index contributed by atoms with van der Waals surface area (Å²) in [4.78, 5) is 37.3. The lowest BCUT2D eigenvalue weighted by Crippen LogP contribution is -2.47. The summed E-state index contributed by atoms with van der Waals surface area (Å²) in [6.07, 6.45) is -1.89. The van der Waals surface area contributed by atoms with E-state index in [1.807, 2.05) is 0 Å². The van der Waals surface area contributed by atoms with Crippen LogP contribution in [0.15, 0.2) is 24.3 Å². The van der Waals surface area contributed by atoms with Gasteiger partial charge in [0, 0.05) is 12.1 Å². The molecule has 27 heavy (non-hydrogen) atoms. The summed E-state index contributed by atoms with van der Waals surface area (Å²) in [5.74, 6) is -2.13. The third-order valence-corrected chi connectivity index (χ3v) is 5.34. The summed E-state index contributed by atoms with van der Waals surface area (Å²) in [6, 6.07) is 2.76. The molecule has 1 aromatic rings. The molecule has 2 amide bonds. The minimum absolute atomic E-state index is 0.0103. The molecule has 0 radical (unpaired) electrons. The highest BCUT2D eigenvalue weighted by atomic mass is 19.4. The number of nitrogens with zero attached hydrogens (tertiary/aromatic N) is 1. The van der Waals surface area contributed by atoms with Crippen molar-refractivity contribution >= 4 is 17.8 Å². The van der Waals surface area contributed by atoms with Gasteiger partial charge in [0.05, 0.1) is 12.1 Å². The number of carboxylic acids is 1. The number of carbonyl (C=O) groups is 3. The number of nitrogens with one attached hydrogen (secondary N) is 1. The number of fused-ring (bicyclic) bond motifs is 1. The number of alkyl halides is 3. The van der Waals surface area contributed by atoms with Gasteiger partial charge in [0.25, 0.3) is 5.91 Å². The maximum atomic E-state index is 12.5. The van der Waals surface area contributed by atoms with E-state index in [4.69, 9.17) is 0 Å². The fourth-order valence-corrected chi connectivity index (χ4v) is 4.05. The minimum Gasteiger partial charge on any atom is -0.480 e. The van der Waals surface area contributed by atoms with Gasteiger partial charge in [-0.1, -0.05) is 6.42 Å². The van der Waals surface area contributed by atoms with Gasteiger partial charge in [-0.2, -0.15) is 13.2 Å². The molecule has 1 aromatic carbocycles. The molecule has 3 rings (SSSR count). The average Bonchev–Trinajstić information content (AvgIpc) is 3.19. The molecule has 6 nitrogen and oxygen atoms in total. The molecule has 0 bridgehead atoms. The quantitative estimate of drug-likeness (QED) is 0.833. The van der Waals surface area contributed by atoms with Crippen LogP contribution in [0.1, 0.15) is 35.2 Å². The third-order valence-electron chi connectivity index (χ3n) is 5.34. The van der Waals surface area contributed by atoms with Gasteiger partial charge < -0.3 is 15.3 Å². The molecule has 9 heteroatoms. The van der Waals surface area contributed by atoms with Crippen LogP contribution >= 0.6 is 0 Å². The van der Waals surface area contributed by atoms with E-state index in [1.165, 1.54) is 4.90 Å². The van der Waals surface area contributed by atoms with Gasteiger partial charge in [-0.25, -0.2) is 4.79 Å². The van der Waals surface area contributed by atoms with Crippen molar-refractivity contribution in [3.8, 4) is 0 Å². The van der Waals surface area contributed by atoms with E-state index in [0.29, 0.717) is 6.54 Å². The Morgan fingerprint density at radius 3 is 2.41 bits per heavy atom. The second-order valence-electron chi connectivity index (χ2n) is 6.94. The maximum absolute atomic E-state index is 12.5. The molecule has 1 heterocycles. The van der Waals surface area contributed by atoms with E-state index in [9.17, 15) is 32.7 Å². The maximum Gasteiger partial charge on any atom is 0.416 e. The molecule has 2 N–H and O–H groups in total. The predicted octanol–water partition coefficient (Wildman–Crippen LogP) is 2.15. The number of likely N-dealkylation sites (tertiary alicyclic amines) is 1. The van der Waals surface area contributed by atoms with Crippen LogP contribution in [0, 0.1) is 11.8 Å². The number of hydrogen-bond acceptors (Lipinski definition) is 3. The first kappa shape index (κ1) is 19.2. The molecular formula is C18H19F3N2O4. The second kappa shape index (κ2) is 7.21. The summed E-state index contributed by atoms with van der Waals surface area (Å²) in [7, 11) is 0. The zero-order valence-electron chi connectivity index (χ0n) is 14.3. The molecule has 3 atom stereocenters. The van der Waals surface area contributed by atoms with Crippen LogP contribution in [0.3, 0.4) is 0 Å². The second-order valence-corrected chi connectivity index (χ2v) is 6.94. The summed E-state index contributed by atoms with van der Waals surface area (Å²) >= 11 is 0. The molecule has 146 valence electrons. The Bertz CT molecular complexity index is 748. The highest BCUT2D eigenvalue weighted by Gasteiger charge is 2.49. The van der Waals surface area contributed by atoms with Crippen molar-refractivity contribution in [1.29, 1.82) is 0 Å². The number of benzene rings is 1. The van der Waals surface area contributed by atoms with Crippen molar-refractivity contribution in [1.82, 2.24) is 10.2 Å². The third kappa shape index (κ3) is 3.91. The van der Waals surface area contributed by atoms with E-state index in [-0.39, 0.29) is 17.4 Å². The highest BCUT2D eigenvalue weighted by molar-refractivity contribution is 5.97. The number of amides is 2. The molecule has 1 saturated heterocycles. The topological polar surface area (TPSA) is 86.7 Å². The summed E-state index contributed by atoms with van der Waals surface area (Å²) in [5, 5.41) is 11.8. The van der Waals surface area contributed by atoms with Crippen LogP contribution in [0.4, 0.5) is 13.2 Å². The van der Waals surface area contributed by atoms with Crippen LogP contribution in [0.2, 0.25) is 0 Å². The molecule has 2 fully saturated rings. The number of carboxylic acid groups (broad SMARTS) is 1. The van der Waals surface area contributed by atoms with Crippen molar-refractivity contribution in [2.75, 3.05) is 13.1 Å². The fraction of sp³-hybridized carbons (Fsp3) is 0.500. The normalized spacial score (nSPS) is 24.6. The Hall–Kier alpha value is -2.58. The Morgan fingerprint density at radius 2 is 1.81 bits per heavy atom. The van der Waals surface area contributed by atoms with Gasteiger partial charge in [0.1, 0.15) is 6.04 Å². The van der Waals surface area contributed by atoms with Crippen molar-refractivity contribution in [2.45, 2.75) is 31.5 Å². The van der Waals surface area contributed by atoms with Crippen LogP contribution in [0.25, 0.3) is 0 Å². The molecule has 0 spiro atoms. The minimum atomic E-state index is -4.50.